The van der Waals surface area contributed by atoms with Crippen LogP contribution in [0.5, 0.6) is 0 Å². The first-order chi connectivity index (χ1) is 56.4. The molecule has 2 heterocycles. The van der Waals surface area contributed by atoms with Crippen molar-refractivity contribution in [1.82, 2.24) is 0 Å². The lowest BCUT2D eigenvalue weighted by Gasteiger charge is -2.45. The monoisotopic (exact) mass is 1670 g/mol. The molecule has 1 aliphatic carbocycles. The fraction of sp³-hybridized carbons (Fsp3) is 0.990. The number of phosphoric ester groups is 1. The van der Waals surface area contributed by atoms with Gasteiger partial charge in [0.15, 0.2) is 12.6 Å². The number of phosphoric acid groups is 1. The van der Waals surface area contributed by atoms with Gasteiger partial charge in [0.05, 0.1) is 32.6 Å². The molecule has 116 heavy (non-hydrogen) atoms. The summed E-state index contributed by atoms with van der Waals surface area (Å²) in [6, 6.07) is 0. The fourth-order valence-corrected chi connectivity index (χ4v) is 19.0. The SMILES string of the molecule is CCCCCCCCCCCCCCCCCCCCCCCCCCC(C(=O)OC[C@H]1O[C@H](O[C@H]2O[C@H](COP(=O)([O-])[O-])[C@@H](O)[C@H](O)[C@H]2O)[C@H](O)[C@@H](O)[C@@H]1O)[C@H](O)CCCCCCCCCCCCCCCC1CC1C(C)CCCCCCCCCCCCCCCC(OC)C(C)CCCCCCCCCCCCCCCCCC. The number of ether oxygens (including phenoxy) is 5. The number of aliphatic hydroxyl groups is 7. The van der Waals surface area contributed by atoms with Gasteiger partial charge in [-0.2, -0.15) is 0 Å². The predicted molar refractivity (Wildman–Crippen MR) is 473 cm³/mol. The standard InChI is InChI=1S/C98H191O17P/c1-6-8-10-12-14-16-18-20-22-24-25-26-27-28-29-30-31-33-39-45-51-57-63-69-75-84(96(106)111-79-88-90(100)92(102)94(104)97(113-88)115-98-95(105)93(103)91(101)89(114-98)80-112-116(107,108)109)86(99)76-70-64-58-52-46-40-35-38-44-50-56-62-68-74-83-78-85(83)81(3)72-66-60-54-48-42-37-34-41-47-53-59-65-71-77-87(110-5)82(4)73-67-61-55-49-43-36-32-23-21-19-17-15-13-11-9-7-2/h81-95,97-105H,6-80H2,1-5H3,(H2,107,108,109)/p-2/t81?,82?,83?,84?,85?,86-,87?,88-,89-,90-,91-,92+,93+,94-,95-,97-,98-/m1/s1. The van der Waals surface area contributed by atoms with Crippen molar-refractivity contribution in [2.24, 2.45) is 29.6 Å². The lowest BCUT2D eigenvalue weighted by atomic mass is 9.91. The summed E-state index contributed by atoms with van der Waals surface area (Å²) in [6.07, 6.45) is 76.7. The van der Waals surface area contributed by atoms with Gasteiger partial charge in [-0.05, 0) is 55.8 Å². The van der Waals surface area contributed by atoms with Crippen LogP contribution in [0.15, 0.2) is 0 Å². The van der Waals surface area contributed by atoms with Gasteiger partial charge in [0, 0.05) is 7.11 Å². The zero-order valence-electron chi connectivity index (χ0n) is 76.0. The third kappa shape index (κ3) is 56.9. The zero-order chi connectivity index (χ0) is 84.2. The lowest BCUT2D eigenvalue weighted by Crippen LogP contribution is -2.64. The Kier molecular flexibility index (Phi) is 70.1. The van der Waals surface area contributed by atoms with E-state index in [4.69, 9.17) is 23.7 Å². The van der Waals surface area contributed by atoms with Crippen molar-refractivity contribution in [3.63, 3.8) is 0 Å². The average Bonchev–Trinajstić information content (AvgIpc) is 1.12. The molecule has 0 aromatic carbocycles. The second kappa shape index (κ2) is 74.4. The van der Waals surface area contributed by atoms with Crippen LogP contribution in [0.3, 0.4) is 0 Å². The molecule has 17 atom stereocenters. The highest BCUT2D eigenvalue weighted by atomic mass is 31.2. The van der Waals surface area contributed by atoms with Gasteiger partial charge in [-0.1, -0.05) is 464 Å². The maximum atomic E-state index is 13.9. The van der Waals surface area contributed by atoms with Crippen LogP contribution in [0.25, 0.3) is 0 Å². The van der Waals surface area contributed by atoms with Gasteiger partial charge < -0.3 is 78.3 Å². The summed E-state index contributed by atoms with van der Waals surface area (Å²) in [5.74, 6) is 2.05. The summed E-state index contributed by atoms with van der Waals surface area (Å²) in [6.45, 7) is 7.92. The molecule has 17 nitrogen and oxygen atoms in total. The molecule has 1 saturated carbocycles. The van der Waals surface area contributed by atoms with Gasteiger partial charge in [-0.15, -0.1) is 0 Å². The van der Waals surface area contributed by atoms with Crippen molar-refractivity contribution in [3.8, 4) is 0 Å². The van der Waals surface area contributed by atoms with Crippen molar-refractivity contribution in [1.29, 1.82) is 0 Å². The molecule has 0 aromatic heterocycles. The molecule has 3 aliphatic rings. The third-order valence-electron chi connectivity index (χ3n) is 26.9. The average molecular weight is 1670 g/mol. The van der Waals surface area contributed by atoms with Crippen LogP contribution in [0.2, 0.25) is 0 Å². The summed E-state index contributed by atoms with van der Waals surface area (Å²) in [4.78, 5) is 36.2. The van der Waals surface area contributed by atoms with Gasteiger partial charge in [0.2, 0.25) is 0 Å². The van der Waals surface area contributed by atoms with Crippen molar-refractivity contribution in [2.75, 3.05) is 20.3 Å². The van der Waals surface area contributed by atoms with Crippen LogP contribution in [-0.2, 0) is 37.6 Å². The first-order valence-corrected chi connectivity index (χ1v) is 52.0. The summed E-state index contributed by atoms with van der Waals surface area (Å²) < 4.78 is 43.7. The molecule has 0 radical (unpaired) electrons. The number of aliphatic hydroxyl groups excluding tert-OH is 7. The fourth-order valence-electron chi connectivity index (χ4n) is 18.7. The van der Waals surface area contributed by atoms with E-state index in [2.05, 4.69) is 32.2 Å². The summed E-state index contributed by atoms with van der Waals surface area (Å²) in [7, 11) is -3.59. The first-order valence-electron chi connectivity index (χ1n) is 50.5. The van der Waals surface area contributed by atoms with E-state index in [1.807, 2.05) is 7.11 Å². The summed E-state index contributed by atoms with van der Waals surface area (Å²) in [5, 5.41) is 75.7. The minimum absolute atomic E-state index is 0.406. The predicted octanol–water partition coefficient (Wildman–Crippen LogP) is 24.0. The Morgan fingerprint density at radius 3 is 0.983 bits per heavy atom. The minimum Gasteiger partial charge on any atom is -0.790 e. The number of esters is 1. The number of carbonyl (C=O) groups excluding carboxylic acids is 1. The minimum atomic E-state index is -5.53. The van der Waals surface area contributed by atoms with E-state index in [1.165, 1.54) is 405 Å². The second-order valence-electron chi connectivity index (χ2n) is 37.5. The molecule has 0 amide bonds. The Hall–Kier alpha value is -0.860. The van der Waals surface area contributed by atoms with Gasteiger partial charge >= 0.3 is 5.97 Å². The number of hydrogen-bond donors (Lipinski definition) is 7. The molecule has 690 valence electrons. The van der Waals surface area contributed by atoms with Crippen LogP contribution in [-0.4, -0.2) is 136 Å². The normalized spacial score (nSPS) is 23.1. The van der Waals surface area contributed by atoms with Crippen molar-refractivity contribution >= 4 is 13.8 Å². The largest absolute Gasteiger partial charge is 0.790 e. The molecule has 7 N–H and O–H groups in total. The van der Waals surface area contributed by atoms with E-state index in [0.29, 0.717) is 24.9 Å². The molecule has 3 fully saturated rings. The van der Waals surface area contributed by atoms with Gasteiger partial charge in [0.25, 0.3) is 0 Å². The van der Waals surface area contributed by atoms with E-state index >= 15 is 0 Å². The molecular formula is C98H189O17P-2. The number of unbranched alkanes of at least 4 members (excludes halogenated alkanes) is 62. The van der Waals surface area contributed by atoms with Gasteiger partial charge in [-0.25, -0.2) is 0 Å². The van der Waals surface area contributed by atoms with E-state index in [0.717, 1.165) is 69.1 Å². The second-order valence-corrected chi connectivity index (χ2v) is 38.6. The smallest absolute Gasteiger partial charge is 0.311 e. The lowest BCUT2D eigenvalue weighted by molar-refractivity contribution is -0.379. The van der Waals surface area contributed by atoms with E-state index in [1.54, 1.807) is 0 Å². The van der Waals surface area contributed by atoms with Crippen LogP contribution >= 0.6 is 7.82 Å². The third-order valence-corrected chi connectivity index (χ3v) is 27.4. The number of rotatable bonds is 86. The van der Waals surface area contributed by atoms with Gasteiger partial charge in [0.1, 0.15) is 55.4 Å². The van der Waals surface area contributed by atoms with E-state index < -0.39 is 100 Å². The number of methoxy groups -OCH3 is 1. The van der Waals surface area contributed by atoms with Crippen molar-refractivity contribution in [2.45, 2.75) is 570 Å². The highest BCUT2D eigenvalue weighted by Crippen LogP contribution is 2.49. The Balaban J connectivity index is 1.19. The molecule has 18 heteroatoms. The Labute approximate surface area is 713 Å². The molecule has 2 saturated heterocycles. The topological polar surface area (TPSA) is 277 Å². The Morgan fingerprint density at radius 2 is 0.655 bits per heavy atom. The molecule has 0 spiro atoms. The highest BCUT2D eigenvalue weighted by molar-refractivity contribution is 7.43. The van der Waals surface area contributed by atoms with Crippen LogP contribution in [0, 0.1) is 29.6 Å². The number of hydrogen-bond acceptors (Lipinski definition) is 17. The summed E-state index contributed by atoms with van der Waals surface area (Å²) in [5.41, 5.74) is 0. The van der Waals surface area contributed by atoms with Crippen LogP contribution in [0.4, 0.5) is 0 Å². The van der Waals surface area contributed by atoms with Crippen molar-refractivity contribution < 1.29 is 83.1 Å². The maximum Gasteiger partial charge on any atom is 0.311 e. The molecule has 0 bridgehead atoms. The molecule has 6 unspecified atom stereocenters. The molecular weight excluding hydrogens is 1480 g/mol. The molecule has 3 rings (SSSR count). The van der Waals surface area contributed by atoms with E-state index in [-0.39, 0.29) is 0 Å². The zero-order valence-corrected chi connectivity index (χ0v) is 76.9. The molecule has 0 aromatic rings. The maximum absolute atomic E-state index is 13.9. The Bertz CT molecular complexity index is 2200. The van der Waals surface area contributed by atoms with Gasteiger partial charge in [-0.3, -0.25) is 4.79 Å². The Morgan fingerprint density at radius 1 is 0.371 bits per heavy atom. The molecule has 2 aliphatic heterocycles. The first kappa shape index (κ1) is 109. The van der Waals surface area contributed by atoms with Crippen molar-refractivity contribution in [3.05, 3.63) is 0 Å². The highest BCUT2D eigenvalue weighted by Gasteiger charge is 2.50. The van der Waals surface area contributed by atoms with E-state index in [9.17, 15) is 54.9 Å². The quantitative estimate of drug-likeness (QED) is 0.0169. The summed E-state index contributed by atoms with van der Waals surface area (Å²) >= 11 is 0. The van der Waals surface area contributed by atoms with Crippen LogP contribution < -0.4 is 9.79 Å². The number of carbonyl (C=O) groups is 1. The van der Waals surface area contributed by atoms with Crippen LogP contribution in [0.1, 0.15) is 496 Å².